The van der Waals surface area contributed by atoms with Crippen LogP contribution in [0.5, 0.6) is 0 Å². The second-order valence-electron chi connectivity index (χ2n) is 2.25. The first-order chi connectivity index (χ1) is 5.29. The average Bonchev–Trinajstić information content (AvgIpc) is 2.35. The molecule has 0 unspecified atom stereocenters. The van der Waals surface area contributed by atoms with Gasteiger partial charge in [-0.15, -0.1) is 0 Å². The molecule has 3 N–H and O–H groups in total. The van der Waals surface area contributed by atoms with Crippen molar-refractivity contribution in [2.24, 2.45) is 0 Å². The molecule has 0 bridgehead atoms. The van der Waals surface area contributed by atoms with E-state index >= 15 is 0 Å². The van der Waals surface area contributed by atoms with Gasteiger partial charge in [-0.3, -0.25) is 4.79 Å². The lowest BCUT2D eigenvalue weighted by atomic mass is 10.1. The molecule has 0 saturated heterocycles. The Kier molecular flexibility index (Phi) is 1.57. The summed E-state index contributed by atoms with van der Waals surface area (Å²) in [6.07, 6.45) is 0. The number of amides is 1. The Morgan fingerprint density at radius 3 is 3.09 bits per heavy atom. The molecule has 1 aromatic rings. The van der Waals surface area contributed by atoms with E-state index in [1.54, 1.807) is 18.2 Å². The van der Waals surface area contributed by atoms with Crippen LogP contribution in [0.4, 0.5) is 0 Å². The zero-order valence-electron chi connectivity index (χ0n) is 6.85. The minimum absolute atomic E-state index is 0. The summed E-state index contributed by atoms with van der Waals surface area (Å²) >= 11 is 0. The number of hydrogen-bond donors (Lipinski definition) is 1. The smallest absolute Gasteiger partial charge is 0.251 e. The average molecular weight is 152 g/mol. The molecule has 0 radical (unpaired) electrons. The van der Waals surface area contributed by atoms with Crippen molar-refractivity contribution >= 4 is 5.91 Å². The van der Waals surface area contributed by atoms with Crippen molar-refractivity contribution in [3.05, 3.63) is 35.4 Å². The van der Waals surface area contributed by atoms with Crippen molar-refractivity contribution in [2.45, 2.75) is 6.54 Å². The van der Waals surface area contributed by atoms with Gasteiger partial charge in [0.2, 0.25) is 0 Å². The van der Waals surface area contributed by atoms with Gasteiger partial charge in [-0.25, -0.2) is 0 Å². The Hall–Kier alpha value is -1.35. The molecular weight excluding hydrogens is 142 g/mol. The predicted molar refractivity (Wildman–Crippen MR) is 41.2 cm³/mol. The maximum atomic E-state index is 11.0. The maximum absolute atomic E-state index is 11.0. The largest absolute Gasteiger partial charge is 0.412 e. The van der Waals surface area contributed by atoms with E-state index in [0.717, 1.165) is 5.56 Å². The van der Waals surface area contributed by atoms with Crippen LogP contribution in [0.1, 0.15) is 17.3 Å². The van der Waals surface area contributed by atoms with Crippen LogP contribution in [-0.4, -0.2) is 11.4 Å². The summed E-state index contributed by atoms with van der Waals surface area (Å²) in [5.74, 6) is -0.0610. The third-order valence-corrected chi connectivity index (χ3v) is 1.61. The van der Waals surface area contributed by atoms with Crippen molar-refractivity contribution in [1.82, 2.24) is 5.32 Å². The number of fused-ring (bicyclic) bond motifs is 1. The van der Waals surface area contributed by atoms with Gasteiger partial charge in [-0.05, 0) is 11.6 Å². The van der Waals surface area contributed by atoms with Gasteiger partial charge in [-0.2, -0.15) is 0 Å². The molecule has 1 amide bonds. The van der Waals surface area contributed by atoms with Gasteiger partial charge in [0.05, 0.1) is 1.37 Å². The molecule has 0 saturated carbocycles. The molecule has 11 heavy (non-hydrogen) atoms. The molecule has 1 aliphatic heterocycles. The first-order valence-electron chi connectivity index (χ1n) is 3.66. The fourth-order valence-corrected chi connectivity index (χ4v) is 1.09. The first kappa shape index (κ1) is 6.37. The van der Waals surface area contributed by atoms with E-state index < -0.39 is 0 Å². The van der Waals surface area contributed by atoms with E-state index in [-0.39, 0.29) is 11.4 Å². The van der Waals surface area contributed by atoms with E-state index in [4.69, 9.17) is 1.37 Å². The van der Waals surface area contributed by atoms with E-state index in [9.17, 15) is 4.79 Å². The summed E-state index contributed by atoms with van der Waals surface area (Å²) < 4.78 is 7.45. The molecule has 0 aromatic heterocycles. The topological polar surface area (TPSA) is 60.6 Å². The van der Waals surface area contributed by atoms with E-state index in [0.29, 0.717) is 18.2 Å². The normalized spacial score (nSPS) is 14.5. The molecule has 2 rings (SSSR count). The highest BCUT2D eigenvalue weighted by Crippen LogP contribution is 2.13. The molecule has 1 aliphatic rings. The van der Waals surface area contributed by atoms with Gasteiger partial charge in [0, 0.05) is 12.1 Å². The van der Waals surface area contributed by atoms with Crippen molar-refractivity contribution in [2.75, 3.05) is 0 Å². The van der Waals surface area contributed by atoms with E-state index in [1.165, 1.54) is 0 Å². The standard InChI is InChI=1S/C8H7NO.H2O/c10-8-7-4-2-1-3-6(7)5-9-8;/h1-4H,5H2,(H,9,10);1H2/i3D;. The third kappa shape index (κ3) is 1.10. The molecule has 1 heterocycles. The van der Waals surface area contributed by atoms with E-state index in [1.807, 2.05) is 0 Å². The van der Waals surface area contributed by atoms with Gasteiger partial charge in [0.1, 0.15) is 0 Å². The zero-order valence-corrected chi connectivity index (χ0v) is 5.85. The second kappa shape index (κ2) is 2.72. The third-order valence-electron chi connectivity index (χ3n) is 1.61. The van der Waals surface area contributed by atoms with Crippen LogP contribution in [-0.2, 0) is 6.54 Å². The summed E-state index contributed by atoms with van der Waals surface area (Å²) in [5.41, 5.74) is 1.47. The minimum Gasteiger partial charge on any atom is -0.412 e. The summed E-state index contributed by atoms with van der Waals surface area (Å²) in [6, 6.07) is 5.61. The molecule has 0 spiro atoms. The van der Waals surface area contributed by atoms with Gasteiger partial charge < -0.3 is 10.8 Å². The molecule has 1 aromatic carbocycles. The lowest BCUT2D eigenvalue weighted by Gasteiger charge is -1.89. The van der Waals surface area contributed by atoms with Crippen LogP contribution in [0.2, 0.25) is 0 Å². The van der Waals surface area contributed by atoms with Crippen molar-refractivity contribution < 1.29 is 11.6 Å². The van der Waals surface area contributed by atoms with Crippen LogP contribution in [0.15, 0.2) is 24.2 Å². The van der Waals surface area contributed by atoms with Gasteiger partial charge in [-0.1, -0.05) is 18.2 Å². The summed E-state index contributed by atoms with van der Waals surface area (Å²) in [7, 11) is 0. The highest BCUT2D eigenvalue weighted by molar-refractivity contribution is 5.98. The Labute approximate surface area is 65.8 Å². The van der Waals surface area contributed by atoms with Gasteiger partial charge in [0.25, 0.3) is 5.91 Å². The van der Waals surface area contributed by atoms with Gasteiger partial charge in [0.15, 0.2) is 0 Å². The summed E-state index contributed by atoms with van der Waals surface area (Å²) in [5, 5.41) is 2.67. The summed E-state index contributed by atoms with van der Waals surface area (Å²) in [6.45, 7) is 0.508. The summed E-state index contributed by atoms with van der Waals surface area (Å²) in [4.78, 5) is 11.0. The molecule has 0 aliphatic carbocycles. The number of carbonyl (C=O) groups excluding carboxylic acids is 1. The monoisotopic (exact) mass is 152 g/mol. The molecule has 3 nitrogen and oxygen atoms in total. The highest BCUT2D eigenvalue weighted by Gasteiger charge is 2.16. The Bertz CT molecular complexity index is 325. The first-order valence-corrected chi connectivity index (χ1v) is 3.16. The van der Waals surface area contributed by atoms with Crippen LogP contribution < -0.4 is 5.32 Å². The predicted octanol–water partition coefficient (Wildman–Crippen LogP) is 0.105. The van der Waals surface area contributed by atoms with Crippen LogP contribution in [0.3, 0.4) is 0 Å². The molecule has 3 heteroatoms. The Morgan fingerprint density at radius 1 is 1.55 bits per heavy atom. The fraction of sp³-hybridized carbons (Fsp3) is 0.125. The minimum atomic E-state index is -0.0610. The zero-order chi connectivity index (χ0) is 7.84. The molecule has 0 atom stereocenters. The fourth-order valence-electron chi connectivity index (χ4n) is 1.09. The van der Waals surface area contributed by atoms with Crippen LogP contribution in [0, 0.1) is 0 Å². The lowest BCUT2D eigenvalue weighted by Crippen LogP contribution is -2.12. The Morgan fingerprint density at radius 2 is 2.36 bits per heavy atom. The van der Waals surface area contributed by atoms with Crippen molar-refractivity contribution in [3.63, 3.8) is 0 Å². The van der Waals surface area contributed by atoms with E-state index in [2.05, 4.69) is 5.32 Å². The molecular formula is C8H9NO2. The van der Waals surface area contributed by atoms with Gasteiger partial charge >= 0.3 is 0 Å². The molecule has 0 fully saturated rings. The quantitative estimate of drug-likeness (QED) is 0.563. The second-order valence-corrected chi connectivity index (χ2v) is 2.25. The number of nitrogens with one attached hydrogen (secondary N) is 1. The highest BCUT2D eigenvalue weighted by atomic mass is 16.1. The number of carbonyl (C=O) groups is 1. The number of rotatable bonds is 0. The maximum Gasteiger partial charge on any atom is 0.251 e. The number of hydrogen-bond acceptors (Lipinski definition) is 1. The van der Waals surface area contributed by atoms with Crippen molar-refractivity contribution in [1.29, 1.82) is 0 Å². The Balaban J connectivity index is 0.000000720. The van der Waals surface area contributed by atoms with Crippen LogP contribution >= 0.6 is 0 Å². The van der Waals surface area contributed by atoms with Crippen molar-refractivity contribution in [3.8, 4) is 0 Å². The SMILES string of the molecule is O.[2H]c1cccc2c1CNC2=O. The molecule has 58 valence electrons. The van der Waals surface area contributed by atoms with Crippen LogP contribution in [0.25, 0.3) is 0 Å². The lowest BCUT2D eigenvalue weighted by molar-refractivity contribution is 0.0966. The number of benzene rings is 1.